The molecule has 0 heterocycles. The van der Waals surface area contributed by atoms with Gasteiger partial charge in [-0.15, -0.1) is 0 Å². The zero-order valence-corrected chi connectivity index (χ0v) is 32.8. The Kier molecular flexibility index (Phi) is 7.00. The maximum absolute atomic E-state index is 2.39. The van der Waals surface area contributed by atoms with Crippen LogP contribution in [0.1, 0.15) is 22.3 Å². The Bertz CT molecular complexity index is 3300. The minimum Gasteiger partial charge on any atom is -0.310 e. The van der Waals surface area contributed by atoms with Gasteiger partial charge in [-0.25, -0.2) is 0 Å². The van der Waals surface area contributed by atoms with Crippen molar-refractivity contribution in [3.05, 3.63) is 247 Å². The van der Waals surface area contributed by atoms with E-state index in [1.165, 1.54) is 99.8 Å². The molecule has 0 bridgehead atoms. The van der Waals surface area contributed by atoms with E-state index in [2.05, 4.69) is 229 Å². The maximum atomic E-state index is 2.39. The van der Waals surface area contributed by atoms with E-state index in [1.54, 1.807) is 0 Å². The third-order valence-corrected chi connectivity index (χ3v) is 13.4. The Hall–Kier alpha value is -7.74. The van der Waals surface area contributed by atoms with Crippen molar-refractivity contribution in [3.8, 4) is 66.8 Å². The predicted molar refractivity (Wildman–Crippen MR) is 250 cm³/mol. The lowest BCUT2D eigenvalue weighted by Gasteiger charge is -2.30. The topological polar surface area (TPSA) is 3.24 Å². The lowest BCUT2D eigenvalue weighted by Crippen LogP contribution is -2.25. The molecule has 0 saturated heterocycles. The maximum Gasteiger partial charge on any atom is 0.0725 e. The smallest absolute Gasteiger partial charge is 0.0725 e. The van der Waals surface area contributed by atoms with E-state index >= 15 is 0 Å². The van der Waals surface area contributed by atoms with Gasteiger partial charge in [-0.1, -0.05) is 188 Å². The lowest BCUT2D eigenvalue weighted by atomic mass is 9.70. The summed E-state index contributed by atoms with van der Waals surface area (Å²) in [6.07, 6.45) is 0. The summed E-state index contributed by atoms with van der Waals surface area (Å²) in [5, 5.41) is 2.65. The van der Waals surface area contributed by atoms with Gasteiger partial charge in [-0.3, -0.25) is 0 Å². The first-order valence-electron chi connectivity index (χ1n) is 20.9. The van der Waals surface area contributed by atoms with Crippen LogP contribution in [-0.4, -0.2) is 0 Å². The molecule has 10 aromatic carbocycles. The van der Waals surface area contributed by atoms with Crippen molar-refractivity contribution in [1.82, 2.24) is 0 Å². The fraction of sp³-hybridized carbons (Fsp3) is 0.0169. The van der Waals surface area contributed by atoms with Crippen LogP contribution in [0.4, 0.5) is 17.1 Å². The number of fused-ring (bicyclic) bond motifs is 13. The molecule has 278 valence electrons. The van der Waals surface area contributed by atoms with Gasteiger partial charge in [-0.05, 0) is 136 Å². The van der Waals surface area contributed by atoms with Crippen molar-refractivity contribution in [2.75, 3.05) is 4.90 Å². The predicted octanol–water partition coefficient (Wildman–Crippen LogP) is 15.6. The minimum atomic E-state index is -0.376. The van der Waals surface area contributed by atoms with Gasteiger partial charge in [0.1, 0.15) is 0 Å². The van der Waals surface area contributed by atoms with Crippen LogP contribution in [0.3, 0.4) is 0 Å². The van der Waals surface area contributed by atoms with E-state index in [0.717, 1.165) is 17.1 Å². The highest BCUT2D eigenvalue weighted by atomic mass is 15.1. The highest BCUT2D eigenvalue weighted by Crippen LogP contribution is 2.64. The molecule has 0 fully saturated rings. The van der Waals surface area contributed by atoms with Crippen molar-refractivity contribution < 1.29 is 0 Å². The number of rotatable bonds is 5. The Labute approximate surface area is 350 Å². The Morgan fingerprint density at radius 2 is 0.750 bits per heavy atom. The normalized spacial score (nSPS) is 13.1. The largest absolute Gasteiger partial charge is 0.310 e. The summed E-state index contributed by atoms with van der Waals surface area (Å²) in [5.41, 5.74) is 23.9. The van der Waals surface area contributed by atoms with Crippen LogP contribution in [0.15, 0.2) is 224 Å². The molecule has 0 aliphatic heterocycles. The van der Waals surface area contributed by atoms with E-state index in [1.807, 2.05) is 0 Å². The fourth-order valence-corrected chi connectivity index (χ4v) is 11.1. The van der Waals surface area contributed by atoms with Crippen LogP contribution < -0.4 is 4.90 Å². The average molecular weight is 760 g/mol. The molecule has 1 nitrogen and oxygen atoms in total. The summed E-state index contributed by atoms with van der Waals surface area (Å²) in [7, 11) is 0. The van der Waals surface area contributed by atoms with Gasteiger partial charge in [-0.2, -0.15) is 0 Å². The molecule has 0 unspecified atom stereocenters. The molecule has 0 atom stereocenters. The third-order valence-electron chi connectivity index (χ3n) is 13.4. The molecule has 0 saturated carbocycles. The summed E-state index contributed by atoms with van der Waals surface area (Å²) >= 11 is 0. The molecule has 1 spiro atoms. The lowest BCUT2D eigenvalue weighted by molar-refractivity contribution is 0.794. The Morgan fingerprint density at radius 3 is 1.47 bits per heavy atom. The van der Waals surface area contributed by atoms with E-state index in [4.69, 9.17) is 0 Å². The molecular weight excluding hydrogens is 723 g/mol. The summed E-state index contributed by atoms with van der Waals surface area (Å²) in [6.45, 7) is 0. The Balaban J connectivity index is 0.945. The number of benzene rings is 10. The summed E-state index contributed by atoms with van der Waals surface area (Å²) in [4.78, 5) is 2.39. The molecule has 1 heteroatoms. The van der Waals surface area contributed by atoms with Gasteiger partial charge in [0.05, 0.1) is 5.41 Å². The van der Waals surface area contributed by atoms with Crippen molar-refractivity contribution in [2.45, 2.75) is 5.41 Å². The second-order valence-electron chi connectivity index (χ2n) is 16.3. The molecule has 0 N–H and O–H groups in total. The van der Waals surface area contributed by atoms with Crippen LogP contribution in [0, 0.1) is 0 Å². The molecule has 0 amide bonds. The SMILES string of the molecule is c1ccc(N(c2ccc(-c3ccc4c5c(cccc35)-c3ccccc3-4)cc2)c2cccc(-c3cccc4c3-c3ccccc3C43c4ccccc4-c4ccccc43)c2)cc1. The zero-order chi connectivity index (χ0) is 39.4. The van der Waals surface area contributed by atoms with Crippen LogP contribution in [0.5, 0.6) is 0 Å². The number of anilines is 3. The zero-order valence-electron chi connectivity index (χ0n) is 32.8. The van der Waals surface area contributed by atoms with Gasteiger partial charge in [0.2, 0.25) is 0 Å². The van der Waals surface area contributed by atoms with Gasteiger partial charge in [0, 0.05) is 17.1 Å². The number of hydrogen-bond acceptors (Lipinski definition) is 1. The van der Waals surface area contributed by atoms with Gasteiger partial charge >= 0.3 is 0 Å². The summed E-state index contributed by atoms with van der Waals surface area (Å²) in [6, 6.07) is 83.3. The minimum absolute atomic E-state index is 0.376. The quantitative estimate of drug-likeness (QED) is 0.169. The molecule has 3 aliphatic carbocycles. The standard InChI is InChI=1S/C59H37N/c1-2-16-40(17-3-1)60(41-33-31-38(32-34-41)43-35-36-51-46-20-5-4-19-45(46)50-26-13-25-49(43)57(50)51)42-18-12-15-39(37-42)44-24-14-30-56-58(44)52-23-8-11-29-55(52)59(56)53-27-9-6-21-47(53)48-22-7-10-28-54(48)59/h1-37H. The van der Waals surface area contributed by atoms with E-state index < -0.39 is 0 Å². The molecule has 0 radical (unpaired) electrons. The first kappa shape index (κ1) is 33.3. The van der Waals surface area contributed by atoms with E-state index in [0.29, 0.717) is 0 Å². The number of para-hydroxylation sites is 1. The number of nitrogens with zero attached hydrogens (tertiary/aromatic N) is 1. The van der Waals surface area contributed by atoms with Crippen molar-refractivity contribution in [3.63, 3.8) is 0 Å². The van der Waals surface area contributed by atoms with Gasteiger partial charge in [0.25, 0.3) is 0 Å². The third kappa shape index (κ3) is 4.47. The molecule has 13 rings (SSSR count). The number of hydrogen-bond donors (Lipinski definition) is 0. The van der Waals surface area contributed by atoms with Crippen molar-refractivity contribution in [2.24, 2.45) is 0 Å². The summed E-state index contributed by atoms with van der Waals surface area (Å²) < 4.78 is 0. The van der Waals surface area contributed by atoms with E-state index in [-0.39, 0.29) is 5.41 Å². The fourth-order valence-electron chi connectivity index (χ4n) is 11.1. The van der Waals surface area contributed by atoms with Crippen LogP contribution in [-0.2, 0) is 5.41 Å². The first-order valence-corrected chi connectivity index (χ1v) is 20.9. The first-order chi connectivity index (χ1) is 29.8. The molecular formula is C59H37N. The molecule has 0 aromatic heterocycles. The summed E-state index contributed by atoms with van der Waals surface area (Å²) in [5.74, 6) is 0. The van der Waals surface area contributed by atoms with Crippen molar-refractivity contribution >= 4 is 27.8 Å². The second-order valence-corrected chi connectivity index (χ2v) is 16.3. The van der Waals surface area contributed by atoms with Gasteiger partial charge < -0.3 is 4.90 Å². The second kappa shape index (κ2) is 12.6. The average Bonchev–Trinajstić information content (AvgIpc) is 3.93. The van der Waals surface area contributed by atoms with Gasteiger partial charge in [0.15, 0.2) is 0 Å². The molecule has 60 heavy (non-hydrogen) atoms. The van der Waals surface area contributed by atoms with Crippen LogP contribution in [0.2, 0.25) is 0 Å². The Morgan fingerprint density at radius 1 is 0.267 bits per heavy atom. The van der Waals surface area contributed by atoms with E-state index in [9.17, 15) is 0 Å². The highest BCUT2D eigenvalue weighted by molar-refractivity contribution is 6.18. The highest BCUT2D eigenvalue weighted by Gasteiger charge is 2.52. The monoisotopic (exact) mass is 759 g/mol. The molecule has 3 aliphatic rings. The van der Waals surface area contributed by atoms with Crippen LogP contribution in [0.25, 0.3) is 77.5 Å². The van der Waals surface area contributed by atoms with Crippen LogP contribution >= 0.6 is 0 Å². The van der Waals surface area contributed by atoms with Crippen molar-refractivity contribution in [1.29, 1.82) is 0 Å². The molecule has 10 aromatic rings.